The summed E-state index contributed by atoms with van der Waals surface area (Å²) in [5.41, 5.74) is -0.850. The zero-order valence-corrected chi connectivity index (χ0v) is 10.7. The zero-order valence-electron chi connectivity index (χ0n) is 10.7. The molecule has 2 aliphatic heterocycles. The molecule has 1 N–H and O–H groups in total. The predicted molar refractivity (Wildman–Crippen MR) is 61.7 cm³/mol. The number of likely N-dealkylation sites (tertiary alicyclic amines) is 1. The molecule has 2 saturated heterocycles. The van der Waals surface area contributed by atoms with Gasteiger partial charge in [0.2, 0.25) is 0 Å². The Bertz CT molecular complexity index is 302. The van der Waals surface area contributed by atoms with Crippen LogP contribution in [0.15, 0.2) is 0 Å². The molecule has 5 heteroatoms. The third-order valence-electron chi connectivity index (χ3n) is 3.40. The summed E-state index contributed by atoms with van der Waals surface area (Å²) in [4.78, 5) is 13.5. The van der Waals surface area contributed by atoms with Crippen LogP contribution in [0.25, 0.3) is 0 Å². The van der Waals surface area contributed by atoms with E-state index in [0.29, 0.717) is 32.5 Å². The lowest BCUT2D eigenvalue weighted by atomic mass is 9.82. The van der Waals surface area contributed by atoms with Crippen LogP contribution in [0.3, 0.4) is 0 Å². The number of hydrogen-bond acceptors (Lipinski definition) is 4. The number of aliphatic hydroxyl groups is 1. The molecule has 0 aromatic heterocycles. The molecule has 1 spiro atoms. The van der Waals surface area contributed by atoms with Gasteiger partial charge in [0.15, 0.2) is 0 Å². The first-order chi connectivity index (χ1) is 7.82. The summed E-state index contributed by atoms with van der Waals surface area (Å²) in [6.45, 7) is 7.17. The van der Waals surface area contributed by atoms with Crippen molar-refractivity contribution in [2.45, 2.75) is 50.9 Å². The van der Waals surface area contributed by atoms with Crippen molar-refractivity contribution in [2.24, 2.45) is 0 Å². The maximum absolute atomic E-state index is 11.8. The Morgan fingerprint density at radius 3 is 2.35 bits per heavy atom. The van der Waals surface area contributed by atoms with Gasteiger partial charge in [-0.15, -0.1) is 0 Å². The molecule has 0 saturated carbocycles. The van der Waals surface area contributed by atoms with Gasteiger partial charge in [0.05, 0.1) is 12.2 Å². The third-order valence-corrected chi connectivity index (χ3v) is 3.40. The molecular weight excluding hydrogens is 222 g/mol. The molecule has 5 nitrogen and oxygen atoms in total. The molecule has 0 aliphatic carbocycles. The third kappa shape index (κ3) is 2.55. The van der Waals surface area contributed by atoms with E-state index in [1.807, 2.05) is 20.8 Å². The van der Waals surface area contributed by atoms with Gasteiger partial charge in [0, 0.05) is 13.1 Å². The molecule has 1 amide bonds. The molecule has 98 valence electrons. The van der Waals surface area contributed by atoms with E-state index in [9.17, 15) is 9.90 Å². The van der Waals surface area contributed by atoms with Crippen molar-refractivity contribution in [3.8, 4) is 0 Å². The molecule has 1 unspecified atom stereocenters. The van der Waals surface area contributed by atoms with Crippen molar-refractivity contribution in [1.82, 2.24) is 4.90 Å². The quantitative estimate of drug-likeness (QED) is 0.693. The lowest BCUT2D eigenvalue weighted by Gasteiger charge is -2.50. The molecule has 0 bridgehead atoms. The number of rotatable bonds is 0. The topological polar surface area (TPSA) is 59.0 Å². The first kappa shape index (κ1) is 12.6. The van der Waals surface area contributed by atoms with Crippen LogP contribution in [-0.4, -0.2) is 53.1 Å². The smallest absolute Gasteiger partial charge is 0.410 e. The Morgan fingerprint density at radius 1 is 1.41 bits per heavy atom. The minimum Gasteiger partial charge on any atom is -0.444 e. The lowest BCUT2D eigenvalue weighted by molar-refractivity contribution is -0.253. The van der Waals surface area contributed by atoms with Crippen LogP contribution in [0.1, 0.15) is 33.6 Å². The lowest BCUT2D eigenvalue weighted by Crippen LogP contribution is -2.63. The van der Waals surface area contributed by atoms with Gasteiger partial charge < -0.3 is 19.5 Å². The fourth-order valence-electron chi connectivity index (χ4n) is 2.27. The Morgan fingerprint density at radius 2 is 2.00 bits per heavy atom. The fraction of sp³-hybridized carbons (Fsp3) is 0.917. The largest absolute Gasteiger partial charge is 0.444 e. The second-order valence-electron chi connectivity index (χ2n) is 5.86. The van der Waals surface area contributed by atoms with Gasteiger partial charge in [-0.3, -0.25) is 0 Å². The van der Waals surface area contributed by atoms with Gasteiger partial charge in [-0.25, -0.2) is 4.79 Å². The first-order valence-electron chi connectivity index (χ1n) is 6.12. The molecular formula is C12H21NO4. The van der Waals surface area contributed by atoms with Crippen LogP contribution in [0, 0.1) is 0 Å². The molecule has 2 fully saturated rings. The minimum atomic E-state index is -0.460. The minimum absolute atomic E-state index is 0.277. The van der Waals surface area contributed by atoms with E-state index >= 15 is 0 Å². The zero-order chi connectivity index (χ0) is 12.7. The average molecular weight is 243 g/mol. The van der Waals surface area contributed by atoms with Crippen molar-refractivity contribution in [3.05, 3.63) is 0 Å². The number of aliphatic hydroxyl groups excluding tert-OH is 1. The first-order valence-corrected chi connectivity index (χ1v) is 6.12. The van der Waals surface area contributed by atoms with Crippen molar-refractivity contribution in [3.63, 3.8) is 0 Å². The van der Waals surface area contributed by atoms with E-state index in [1.54, 1.807) is 4.90 Å². The summed E-state index contributed by atoms with van der Waals surface area (Å²) in [6, 6.07) is 0. The summed E-state index contributed by atoms with van der Waals surface area (Å²) in [5.74, 6) is 0. The Balaban J connectivity index is 1.85. The van der Waals surface area contributed by atoms with Gasteiger partial charge in [-0.2, -0.15) is 0 Å². The summed E-state index contributed by atoms with van der Waals surface area (Å²) >= 11 is 0. The van der Waals surface area contributed by atoms with Gasteiger partial charge in [0.1, 0.15) is 11.7 Å². The average Bonchev–Trinajstić information content (AvgIpc) is 2.25. The van der Waals surface area contributed by atoms with Crippen molar-refractivity contribution in [1.29, 1.82) is 0 Å². The molecule has 2 rings (SSSR count). The van der Waals surface area contributed by atoms with Crippen molar-refractivity contribution < 1.29 is 19.4 Å². The van der Waals surface area contributed by atoms with E-state index in [0.717, 1.165) is 0 Å². The van der Waals surface area contributed by atoms with Gasteiger partial charge in [-0.1, -0.05) is 0 Å². The second-order valence-corrected chi connectivity index (χ2v) is 5.86. The van der Waals surface area contributed by atoms with Crippen molar-refractivity contribution in [2.75, 3.05) is 19.7 Å². The van der Waals surface area contributed by atoms with Gasteiger partial charge in [-0.05, 0) is 33.6 Å². The van der Waals surface area contributed by atoms with Gasteiger partial charge >= 0.3 is 6.09 Å². The molecule has 1 atom stereocenters. The summed E-state index contributed by atoms with van der Waals surface area (Å²) in [7, 11) is 0. The van der Waals surface area contributed by atoms with E-state index < -0.39 is 11.2 Å². The highest BCUT2D eigenvalue weighted by Crippen LogP contribution is 2.37. The number of nitrogens with zero attached hydrogens (tertiary/aromatic N) is 1. The maximum Gasteiger partial charge on any atom is 0.410 e. The fourth-order valence-corrected chi connectivity index (χ4v) is 2.27. The maximum atomic E-state index is 11.8. The number of amides is 1. The molecule has 17 heavy (non-hydrogen) atoms. The molecule has 2 heterocycles. The van der Waals surface area contributed by atoms with Crippen LogP contribution in [-0.2, 0) is 9.47 Å². The van der Waals surface area contributed by atoms with Crippen LogP contribution in [0.2, 0.25) is 0 Å². The van der Waals surface area contributed by atoms with Crippen LogP contribution in [0.5, 0.6) is 0 Å². The summed E-state index contributed by atoms with van der Waals surface area (Å²) < 4.78 is 10.8. The Kier molecular flexibility index (Phi) is 3.08. The SMILES string of the molecule is CC(C)(C)OC(=O)N1CCC2(CC1)OCC2O. The number of ether oxygens (including phenoxy) is 2. The molecule has 0 radical (unpaired) electrons. The number of hydrogen-bond donors (Lipinski definition) is 1. The highest BCUT2D eigenvalue weighted by Gasteiger charge is 2.50. The molecule has 0 aromatic rings. The van der Waals surface area contributed by atoms with E-state index in [4.69, 9.17) is 9.47 Å². The number of piperidine rings is 1. The Hall–Kier alpha value is -0.810. The highest BCUT2D eigenvalue weighted by atomic mass is 16.6. The number of carbonyl (C=O) groups is 1. The molecule has 0 aromatic carbocycles. The monoisotopic (exact) mass is 243 g/mol. The summed E-state index contributed by atoms with van der Waals surface area (Å²) in [5, 5.41) is 9.67. The predicted octanol–water partition coefficient (Wildman–Crippen LogP) is 1.15. The normalized spacial score (nSPS) is 27.8. The van der Waals surface area contributed by atoms with Crippen LogP contribution >= 0.6 is 0 Å². The van der Waals surface area contributed by atoms with E-state index in [-0.39, 0.29) is 12.2 Å². The molecule has 2 aliphatic rings. The number of carbonyl (C=O) groups excluding carboxylic acids is 1. The summed E-state index contributed by atoms with van der Waals surface area (Å²) in [6.07, 6.45) is 0.727. The standard InChI is InChI=1S/C12H21NO4/c1-11(2,3)17-10(15)13-6-4-12(5-7-13)9(14)8-16-12/h9,14H,4-8H2,1-3H3. The van der Waals surface area contributed by atoms with Gasteiger partial charge in [0.25, 0.3) is 0 Å². The second kappa shape index (κ2) is 4.14. The highest BCUT2D eigenvalue weighted by molar-refractivity contribution is 5.68. The van der Waals surface area contributed by atoms with Crippen LogP contribution < -0.4 is 0 Å². The Labute approximate surface area is 102 Å². The van der Waals surface area contributed by atoms with Crippen molar-refractivity contribution >= 4 is 6.09 Å². The van der Waals surface area contributed by atoms with Crippen LogP contribution in [0.4, 0.5) is 4.79 Å². The van der Waals surface area contributed by atoms with E-state index in [1.165, 1.54) is 0 Å². The van der Waals surface area contributed by atoms with E-state index in [2.05, 4.69) is 0 Å².